The van der Waals surface area contributed by atoms with Crippen LogP contribution in [0.1, 0.15) is 56.6 Å². The van der Waals surface area contributed by atoms with Gasteiger partial charge in [0.15, 0.2) is 0 Å². The standard InChI is InChI=1S/C27H32N2O5/c1-3-12-27(25(31)32)13-14-29(17-27)24(30)15-18(2)28-26(33)34-16-23-21-10-6-4-8-19(21)20-9-5-7-11-22(20)23/h4-11,18,23H,3,12-17H2,1-2H3,(H,28,33)(H,31,32)/t18-,27?/m1/s1. The predicted octanol–water partition coefficient (Wildman–Crippen LogP) is 4.41. The largest absolute Gasteiger partial charge is 0.481 e. The molecule has 2 aliphatic rings. The van der Waals surface area contributed by atoms with Gasteiger partial charge < -0.3 is 20.1 Å². The van der Waals surface area contributed by atoms with E-state index in [1.807, 2.05) is 31.2 Å². The van der Waals surface area contributed by atoms with Crippen LogP contribution in [0.4, 0.5) is 4.79 Å². The minimum absolute atomic E-state index is 0.0256. The minimum atomic E-state index is -0.853. The first-order chi connectivity index (χ1) is 16.3. The molecule has 1 aliphatic carbocycles. The van der Waals surface area contributed by atoms with Crippen molar-refractivity contribution in [1.82, 2.24) is 10.2 Å². The Kier molecular flexibility index (Phi) is 6.91. The lowest BCUT2D eigenvalue weighted by atomic mass is 9.83. The van der Waals surface area contributed by atoms with Gasteiger partial charge in [-0.15, -0.1) is 0 Å². The summed E-state index contributed by atoms with van der Waals surface area (Å²) in [6.45, 7) is 4.59. The van der Waals surface area contributed by atoms with Crippen LogP contribution in [0.3, 0.4) is 0 Å². The number of carboxylic acids is 1. The number of aliphatic carboxylic acids is 1. The van der Waals surface area contributed by atoms with Crippen molar-refractivity contribution < 1.29 is 24.2 Å². The monoisotopic (exact) mass is 464 g/mol. The Bertz CT molecular complexity index is 1040. The molecule has 4 rings (SSSR count). The zero-order chi connectivity index (χ0) is 24.3. The van der Waals surface area contributed by atoms with E-state index < -0.39 is 23.5 Å². The fourth-order valence-electron chi connectivity index (χ4n) is 5.33. The molecule has 2 aromatic rings. The van der Waals surface area contributed by atoms with Crippen LogP contribution >= 0.6 is 0 Å². The maximum atomic E-state index is 12.7. The summed E-state index contributed by atoms with van der Waals surface area (Å²) >= 11 is 0. The molecule has 180 valence electrons. The Balaban J connectivity index is 1.30. The highest BCUT2D eigenvalue weighted by atomic mass is 16.5. The molecule has 1 saturated heterocycles. The van der Waals surface area contributed by atoms with E-state index in [0.29, 0.717) is 19.4 Å². The third kappa shape index (κ3) is 4.65. The van der Waals surface area contributed by atoms with Crippen molar-refractivity contribution >= 4 is 18.0 Å². The number of nitrogens with zero attached hydrogens (tertiary/aromatic N) is 1. The van der Waals surface area contributed by atoms with Gasteiger partial charge >= 0.3 is 12.1 Å². The van der Waals surface area contributed by atoms with Crippen molar-refractivity contribution in [2.75, 3.05) is 19.7 Å². The molecule has 2 atom stereocenters. The quantitative estimate of drug-likeness (QED) is 0.603. The fourth-order valence-corrected chi connectivity index (χ4v) is 5.33. The number of ether oxygens (including phenoxy) is 1. The molecule has 34 heavy (non-hydrogen) atoms. The fraction of sp³-hybridized carbons (Fsp3) is 0.444. The first-order valence-corrected chi connectivity index (χ1v) is 12.0. The van der Waals surface area contributed by atoms with E-state index in [2.05, 4.69) is 29.6 Å². The Labute approximate surface area is 200 Å². The van der Waals surface area contributed by atoms with Gasteiger partial charge in [-0.05, 0) is 42.0 Å². The van der Waals surface area contributed by atoms with Gasteiger partial charge in [0.05, 0.1) is 5.41 Å². The number of carbonyl (C=O) groups is 3. The van der Waals surface area contributed by atoms with Gasteiger partial charge in [-0.3, -0.25) is 9.59 Å². The first kappa shape index (κ1) is 23.8. The van der Waals surface area contributed by atoms with Crippen LogP contribution in [0.2, 0.25) is 0 Å². The predicted molar refractivity (Wildman–Crippen MR) is 128 cm³/mol. The second kappa shape index (κ2) is 9.87. The number of benzene rings is 2. The number of carboxylic acid groups (broad SMARTS) is 1. The highest BCUT2D eigenvalue weighted by Gasteiger charge is 2.45. The van der Waals surface area contributed by atoms with Gasteiger partial charge in [-0.25, -0.2) is 4.79 Å². The minimum Gasteiger partial charge on any atom is -0.481 e. The number of likely N-dealkylation sites (tertiary alicyclic amines) is 1. The third-order valence-electron chi connectivity index (χ3n) is 7.08. The van der Waals surface area contributed by atoms with Crippen molar-refractivity contribution in [3.8, 4) is 11.1 Å². The van der Waals surface area contributed by atoms with Gasteiger partial charge in [0, 0.05) is 31.5 Å². The highest BCUT2D eigenvalue weighted by Crippen LogP contribution is 2.44. The summed E-state index contributed by atoms with van der Waals surface area (Å²) in [6, 6.07) is 15.9. The smallest absolute Gasteiger partial charge is 0.407 e. The van der Waals surface area contributed by atoms with Gasteiger partial charge in [0.25, 0.3) is 0 Å². The summed E-state index contributed by atoms with van der Waals surface area (Å²) in [7, 11) is 0. The highest BCUT2D eigenvalue weighted by molar-refractivity contribution is 5.82. The zero-order valence-corrected chi connectivity index (χ0v) is 19.8. The molecule has 2 aromatic carbocycles. The molecule has 0 aromatic heterocycles. The average molecular weight is 465 g/mol. The van der Waals surface area contributed by atoms with E-state index in [1.165, 1.54) is 0 Å². The number of rotatable bonds is 8. The van der Waals surface area contributed by atoms with Crippen molar-refractivity contribution in [3.05, 3.63) is 59.7 Å². The van der Waals surface area contributed by atoms with Crippen LogP contribution in [-0.4, -0.2) is 53.7 Å². The molecule has 1 unspecified atom stereocenters. The molecule has 0 spiro atoms. The van der Waals surface area contributed by atoms with E-state index in [0.717, 1.165) is 28.7 Å². The van der Waals surface area contributed by atoms with Crippen molar-refractivity contribution in [2.45, 2.75) is 51.5 Å². The summed E-state index contributed by atoms with van der Waals surface area (Å²) < 4.78 is 5.56. The van der Waals surface area contributed by atoms with Crippen LogP contribution in [0, 0.1) is 5.41 Å². The topological polar surface area (TPSA) is 95.9 Å². The first-order valence-electron chi connectivity index (χ1n) is 12.0. The van der Waals surface area contributed by atoms with Crippen molar-refractivity contribution in [1.29, 1.82) is 0 Å². The normalized spacial score (nSPS) is 19.9. The van der Waals surface area contributed by atoms with E-state index in [-0.39, 0.29) is 31.4 Å². The molecule has 2 N–H and O–H groups in total. The van der Waals surface area contributed by atoms with E-state index >= 15 is 0 Å². The lowest BCUT2D eigenvalue weighted by Crippen LogP contribution is -2.41. The Morgan fingerprint density at radius 2 is 1.74 bits per heavy atom. The molecular weight excluding hydrogens is 432 g/mol. The van der Waals surface area contributed by atoms with E-state index in [4.69, 9.17) is 4.74 Å². The molecule has 1 fully saturated rings. The van der Waals surface area contributed by atoms with Gasteiger partial charge in [-0.1, -0.05) is 61.9 Å². The number of alkyl carbamates (subject to hydrolysis) is 1. The maximum absolute atomic E-state index is 12.7. The molecular formula is C27H32N2O5. The lowest BCUT2D eigenvalue weighted by Gasteiger charge is -2.25. The number of fused-ring (bicyclic) bond motifs is 3. The molecule has 1 heterocycles. The number of amides is 2. The van der Waals surface area contributed by atoms with Crippen LogP contribution in [0.25, 0.3) is 11.1 Å². The Morgan fingerprint density at radius 3 is 2.32 bits per heavy atom. The SMILES string of the molecule is CCCC1(C(=O)O)CCN(C(=O)C[C@@H](C)NC(=O)OCC2c3ccccc3-c3ccccc32)C1. The van der Waals surface area contributed by atoms with Gasteiger partial charge in [0.1, 0.15) is 6.61 Å². The van der Waals surface area contributed by atoms with Crippen molar-refractivity contribution in [2.24, 2.45) is 5.41 Å². The molecule has 7 heteroatoms. The lowest BCUT2D eigenvalue weighted by molar-refractivity contribution is -0.149. The maximum Gasteiger partial charge on any atom is 0.407 e. The summed E-state index contributed by atoms with van der Waals surface area (Å²) in [4.78, 5) is 38.6. The Morgan fingerprint density at radius 1 is 1.12 bits per heavy atom. The van der Waals surface area contributed by atoms with Gasteiger partial charge in [-0.2, -0.15) is 0 Å². The van der Waals surface area contributed by atoms with Crippen LogP contribution in [-0.2, 0) is 14.3 Å². The zero-order valence-electron chi connectivity index (χ0n) is 19.8. The number of hydrogen-bond donors (Lipinski definition) is 2. The van der Waals surface area contributed by atoms with Gasteiger partial charge in [0.2, 0.25) is 5.91 Å². The average Bonchev–Trinajstić information content (AvgIpc) is 3.39. The summed E-state index contributed by atoms with van der Waals surface area (Å²) in [5.41, 5.74) is 3.76. The third-order valence-corrected chi connectivity index (χ3v) is 7.08. The Hall–Kier alpha value is -3.35. The second-order valence-electron chi connectivity index (χ2n) is 9.48. The summed E-state index contributed by atoms with van der Waals surface area (Å²) in [5.74, 6) is -1.01. The van der Waals surface area contributed by atoms with E-state index in [1.54, 1.807) is 11.8 Å². The van der Waals surface area contributed by atoms with Crippen LogP contribution in [0.15, 0.2) is 48.5 Å². The molecule has 2 amide bonds. The molecule has 7 nitrogen and oxygen atoms in total. The van der Waals surface area contributed by atoms with Crippen LogP contribution < -0.4 is 5.32 Å². The molecule has 0 radical (unpaired) electrons. The van der Waals surface area contributed by atoms with Crippen LogP contribution in [0.5, 0.6) is 0 Å². The molecule has 0 bridgehead atoms. The molecule has 1 aliphatic heterocycles. The van der Waals surface area contributed by atoms with E-state index in [9.17, 15) is 19.5 Å². The number of nitrogens with one attached hydrogen (secondary N) is 1. The number of hydrogen-bond acceptors (Lipinski definition) is 4. The van der Waals surface area contributed by atoms with Crippen molar-refractivity contribution in [3.63, 3.8) is 0 Å². The molecule has 0 saturated carbocycles. The summed E-state index contributed by atoms with van der Waals surface area (Å²) in [6.07, 6.45) is 1.32. The summed E-state index contributed by atoms with van der Waals surface area (Å²) in [5, 5.41) is 12.4. The second-order valence-corrected chi connectivity index (χ2v) is 9.48. The number of carbonyl (C=O) groups excluding carboxylic acids is 2.